The summed E-state index contributed by atoms with van der Waals surface area (Å²) in [7, 11) is 0. The Morgan fingerprint density at radius 3 is 2.88 bits per heavy atom. The lowest BCUT2D eigenvalue weighted by Gasteiger charge is -1.92. The Hall–Kier alpha value is -0.630. The Morgan fingerprint density at radius 2 is 2.38 bits per heavy atom. The zero-order valence-electron chi connectivity index (χ0n) is 4.89. The number of carbonyl (C=O) groups is 1. The SMILES string of the molecule is C=CCNCCC=O. The summed E-state index contributed by atoms with van der Waals surface area (Å²) in [5, 5.41) is 2.99. The van der Waals surface area contributed by atoms with Crippen LogP contribution >= 0.6 is 0 Å². The van der Waals surface area contributed by atoms with Crippen molar-refractivity contribution >= 4 is 6.29 Å². The van der Waals surface area contributed by atoms with Gasteiger partial charge in [0.1, 0.15) is 6.29 Å². The second-order valence-corrected chi connectivity index (χ2v) is 1.45. The largest absolute Gasteiger partial charge is 0.313 e. The molecular weight excluding hydrogens is 102 g/mol. The lowest BCUT2D eigenvalue weighted by molar-refractivity contribution is -0.107. The molecule has 0 bridgehead atoms. The summed E-state index contributed by atoms with van der Waals surface area (Å²) in [6.45, 7) is 5.05. The molecule has 0 aliphatic rings. The quantitative estimate of drug-likeness (QED) is 0.316. The maximum atomic E-state index is 9.70. The Bertz CT molecular complexity index is 60.9. The summed E-state index contributed by atoms with van der Waals surface area (Å²) in [6.07, 6.45) is 3.26. The van der Waals surface area contributed by atoms with Crippen LogP contribution in [0.4, 0.5) is 0 Å². The molecule has 0 aromatic rings. The van der Waals surface area contributed by atoms with Crippen molar-refractivity contribution in [3.05, 3.63) is 12.7 Å². The number of rotatable bonds is 5. The Kier molecular flexibility index (Phi) is 5.87. The Morgan fingerprint density at radius 1 is 1.62 bits per heavy atom. The van der Waals surface area contributed by atoms with E-state index >= 15 is 0 Å². The van der Waals surface area contributed by atoms with E-state index in [-0.39, 0.29) is 0 Å². The van der Waals surface area contributed by atoms with Gasteiger partial charge in [-0.05, 0) is 0 Å². The van der Waals surface area contributed by atoms with Crippen LogP contribution in [0.5, 0.6) is 0 Å². The molecule has 0 unspecified atom stereocenters. The summed E-state index contributed by atoms with van der Waals surface area (Å²) in [5.41, 5.74) is 0. The Labute approximate surface area is 49.6 Å². The van der Waals surface area contributed by atoms with Gasteiger partial charge in [-0.15, -0.1) is 6.58 Å². The summed E-state index contributed by atoms with van der Waals surface area (Å²) >= 11 is 0. The molecule has 0 aromatic heterocycles. The van der Waals surface area contributed by atoms with Crippen molar-refractivity contribution in [2.45, 2.75) is 6.42 Å². The average Bonchev–Trinajstić information content (AvgIpc) is 1.81. The van der Waals surface area contributed by atoms with Gasteiger partial charge in [0, 0.05) is 19.5 Å². The van der Waals surface area contributed by atoms with Gasteiger partial charge in [0.25, 0.3) is 0 Å². The molecule has 46 valence electrons. The molecule has 0 aliphatic carbocycles. The number of nitrogens with one attached hydrogen (secondary N) is 1. The molecule has 0 radical (unpaired) electrons. The summed E-state index contributed by atoms with van der Waals surface area (Å²) in [5.74, 6) is 0. The van der Waals surface area contributed by atoms with Crippen LogP contribution in [0.25, 0.3) is 0 Å². The third-order valence-corrected chi connectivity index (χ3v) is 0.728. The van der Waals surface area contributed by atoms with Crippen LogP contribution < -0.4 is 5.32 Å². The van der Waals surface area contributed by atoms with Crippen molar-refractivity contribution in [1.29, 1.82) is 0 Å². The molecule has 8 heavy (non-hydrogen) atoms. The monoisotopic (exact) mass is 113 g/mol. The van der Waals surface area contributed by atoms with Gasteiger partial charge in [-0.1, -0.05) is 6.08 Å². The first-order valence-electron chi connectivity index (χ1n) is 2.67. The first-order valence-corrected chi connectivity index (χ1v) is 2.67. The second kappa shape index (κ2) is 6.37. The van der Waals surface area contributed by atoms with E-state index in [1.807, 2.05) is 0 Å². The average molecular weight is 113 g/mol. The normalized spacial score (nSPS) is 8.50. The molecule has 0 atom stereocenters. The van der Waals surface area contributed by atoms with Gasteiger partial charge < -0.3 is 10.1 Å². The lowest BCUT2D eigenvalue weighted by Crippen LogP contribution is -2.14. The maximum absolute atomic E-state index is 9.70. The molecule has 1 N–H and O–H groups in total. The van der Waals surface area contributed by atoms with Gasteiger partial charge in [0.15, 0.2) is 0 Å². The lowest BCUT2D eigenvalue weighted by atomic mass is 10.4. The fourth-order valence-electron chi connectivity index (χ4n) is 0.365. The van der Waals surface area contributed by atoms with E-state index in [0.29, 0.717) is 6.42 Å². The minimum absolute atomic E-state index is 0.591. The first kappa shape index (κ1) is 7.37. The highest BCUT2D eigenvalue weighted by Crippen LogP contribution is 1.65. The molecule has 0 saturated heterocycles. The van der Waals surface area contributed by atoms with E-state index in [4.69, 9.17) is 0 Å². The minimum atomic E-state index is 0.591. The van der Waals surface area contributed by atoms with Crippen LogP contribution in [0.15, 0.2) is 12.7 Å². The van der Waals surface area contributed by atoms with Crippen molar-refractivity contribution in [3.63, 3.8) is 0 Å². The third-order valence-electron chi connectivity index (χ3n) is 0.728. The van der Waals surface area contributed by atoms with Crippen LogP contribution in [0.3, 0.4) is 0 Å². The molecule has 0 heterocycles. The molecule has 0 aliphatic heterocycles. The van der Waals surface area contributed by atoms with Gasteiger partial charge in [-0.25, -0.2) is 0 Å². The maximum Gasteiger partial charge on any atom is 0.121 e. The Balaban J connectivity index is 2.71. The van der Waals surface area contributed by atoms with Gasteiger partial charge >= 0.3 is 0 Å². The fraction of sp³-hybridized carbons (Fsp3) is 0.500. The van der Waals surface area contributed by atoms with Crippen molar-refractivity contribution in [1.82, 2.24) is 5.32 Å². The van der Waals surface area contributed by atoms with E-state index in [2.05, 4.69) is 11.9 Å². The van der Waals surface area contributed by atoms with Gasteiger partial charge in [-0.3, -0.25) is 0 Å². The zero-order valence-corrected chi connectivity index (χ0v) is 4.89. The molecule has 0 aromatic carbocycles. The number of hydrogen-bond acceptors (Lipinski definition) is 2. The zero-order chi connectivity index (χ0) is 6.24. The first-order chi connectivity index (χ1) is 3.91. The van der Waals surface area contributed by atoms with E-state index in [0.717, 1.165) is 19.4 Å². The molecule has 0 rings (SSSR count). The van der Waals surface area contributed by atoms with E-state index in [9.17, 15) is 4.79 Å². The molecular formula is C6H11NO. The van der Waals surface area contributed by atoms with E-state index in [1.165, 1.54) is 0 Å². The molecule has 0 fully saturated rings. The van der Waals surface area contributed by atoms with E-state index < -0.39 is 0 Å². The third kappa shape index (κ3) is 5.37. The highest BCUT2D eigenvalue weighted by Gasteiger charge is 1.78. The molecule has 0 saturated carbocycles. The predicted octanol–water partition coefficient (Wildman–Crippen LogP) is 0.351. The molecule has 2 heteroatoms. The van der Waals surface area contributed by atoms with Crippen LogP contribution in [0, 0.1) is 0 Å². The van der Waals surface area contributed by atoms with Gasteiger partial charge in [0.05, 0.1) is 0 Å². The molecule has 2 nitrogen and oxygen atoms in total. The van der Waals surface area contributed by atoms with Crippen LogP contribution in [0.1, 0.15) is 6.42 Å². The van der Waals surface area contributed by atoms with Crippen molar-refractivity contribution in [3.8, 4) is 0 Å². The highest BCUT2D eigenvalue weighted by molar-refractivity contribution is 5.49. The standard InChI is InChI=1S/C6H11NO/c1-2-4-7-5-3-6-8/h2,6-7H,1,3-5H2. The molecule has 0 spiro atoms. The van der Waals surface area contributed by atoms with Gasteiger partial charge in [-0.2, -0.15) is 0 Å². The topological polar surface area (TPSA) is 29.1 Å². The number of hydrogen-bond donors (Lipinski definition) is 1. The number of carbonyl (C=O) groups excluding carboxylic acids is 1. The second-order valence-electron chi connectivity index (χ2n) is 1.45. The van der Waals surface area contributed by atoms with Crippen molar-refractivity contribution < 1.29 is 4.79 Å². The molecule has 0 amide bonds. The minimum Gasteiger partial charge on any atom is -0.313 e. The van der Waals surface area contributed by atoms with Gasteiger partial charge in [0.2, 0.25) is 0 Å². The van der Waals surface area contributed by atoms with Crippen LogP contribution in [-0.2, 0) is 4.79 Å². The van der Waals surface area contributed by atoms with Crippen molar-refractivity contribution in [2.75, 3.05) is 13.1 Å². The van der Waals surface area contributed by atoms with E-state index in [1.54, 1.807) is 6.08 Å². The highest BCUT2D eigenvalue weighted by atomic mass is 16.1. The predicted molar refractivity (Wildman–Crippen MR) is 33.7 cm³/mol. The fourth-order valence-corrected chi connectivity index (χ4v) is 0.365. The summed E-state index contributed by atoms with van der Waals surface area (Å²) in [4.78, 5) is 9.70. The number of aldehydes is 1. The van der Waals surface area contributed by atoms with Crippen LogP contribution in [-0.4, -0.2) is 19.4 Å². The summed E-state index contributed by atoms with van der Waals surface area (Å²) in [6, 6.07) is 0. The summed E-state index contributed by atoms with van der Waals surface area (Å²) < 4.78 is 0. The van der Waals surface area contributed by atoms with Crippen LogP contribution in [0.2, 0.25) is 0 Å². The smallest absolute Gasteiger partial charge is 0.121 e. The van der Waals surface area contributed by atoms with Crippen molar-refractivity contribution in [2.24, 2.45) is 0 Å².